The maximum atomic E-state index is 8.86. The number of carbonyl (C=O) groups is 1. The van der Waals surface area contributed by atoms with Gasteiger partial charge in [-0.3, -0.25) is 0 Å². The minimum atomic E-state index is -1.14. The summed E-state index contributed by atoms with van der Waals surface area (Å²) < 4.78 is 0. The Balaban J connectivity index is 0. The highest BCUT2D eigenvalue weighted by Crippen LogP contribution is 1.66. The Morgan fingerprint density at radius 2 is 1.80 bits per heavy atom. The van der Waals surface area contributed by atoms with Crippen LogP contribution in [-0.2, 0) is 0 Å². The number of rotatable bonds is 0. The monoisotopic (exact) mass is 112 g/mol. The van der Waals surface area contributed by atoms with Gasteiger partial charge in [-0.15, -0.1) is 0 Å². The third-order valence-corrected chi connectivity index (χ3v) is 0. The smallest absolute Gasteiger partial charge is 0.361 e. The molecule has 32 valence electrons. The molecule has 0 amide bonds. The number of carboxylic acid groups (broad SMARTS) is 1. The lowest BCUT2D eigenvalue weighted by Gasteiger charge is -1.58. The molecule has 0 aliphatic heterocycles. The molecule has 0 bridgehead atoms. The Morgan fingerprint density at radius 3 is 1.80 bits per heavy atom. The summed E-state index contributed by atoms with van der Waals surface area (Å²) in [6.45, 7) is 0. The quantitative estimate of drug-likeness (QED) is 0.453. The molecule has 5 heavy (non-hydrogen) atoms. The summed E-state index contributed by atoms with van der Waals surface area (Å²) in [4.78, 5) is 8.86. The minimum Gasteiger partial charge on any atom is -0.473 e. The van der Waals surface area contributed by atoms with Gasteiger partial charge in [-0.25, -0.2) is 4.79 Å². The first kappa shape index (κ1) is 8.95. The van der Waals surface area contributed by atoms with Gasteiger partial charge in [0.25, 0.3) is 0 Å². The first-order chi connectivity index (χ1) is 1.73. The maximum Gasteiger partial charge on any atom is 0.361 e. The van der Waals surface area contributed by atoms with E-state index in [1.54, 1.807) is 0 Å². The summed E-state index contributed by atoms with van der Waals surface area (Å²) in [6.07, 6.45) is 0. The van der Waals surface area contributed by atoms with Crippen LogP contribution in [0.2, 0.25) is 0 Å². The molecular weight excluding hydrogens is 108 g/mol. The van der Waals surface area contributed by atoms with Crippen molar-refractivity contribution >= 4 is 31.4 Å². The molecule has 0 radical (unpaired) electrons. The molecule has 1 N–H and O–H groups in total. The lowest BCUT2D eigenvalue weighted by molar-refractivity contribution is 0.222. The van der Waals surface area contributed by atoms with Gasteiger partial charge in [-0.2, -0.15) is 13.5 Å². The van der Waals surface area contributed by atoms with E-state index in [1.807, 2.05) is 0 Å². The summed E-state index contributed by atoms with van der Waals surface area (Å²) in [6, 6.07) is 0. The highest BCUT2D eigenvalue weighted by atomic mass is 32.1. The third kappa shape index (κ3) is 679. The molecule has 0 saturated heterocycles. The Kier molecular flexibility index (Phi) is 7.46. The standard InChI is InChI=1S/CH2O2S.H2S/c2-1(3)4;/h4H,(H,2,3);1H2. The van der Waals surface area contributed by atoms with E-state index in [0.717, 1.165) is 0 Å². The highest BCUT2D eigenvalue weighted by molar-refractivity contribution is 7.96. The zero-order chi connectivity index (χ0) is 3.58. The summed E-state index contributed by atoms with van der Waals surface area (Å²) in [5, 5.41) is 6.14. The normalized spacial score (nSPS) is 5.00. The van der Waals surface area contributed by atoms with Crippen molar-refractivity contribution in [2.24, 2.45) is 0 Å². The molecule has 4 heteroatoms. The molecule has 0 aromatic heterocycles. The van der Waals surface area contributed by atoms with Gasteiger partial charge in [0.15, 0.2) is 0 Å². The van der Waals surface area contributed by atoms with Crippen LogP contribution in [0.5, 0.6) is 0 Å². The topological polar surface area (TPSA) is 37.3 Å². The van der Waals surface area contributed by atoms with Crippen LogP contribution >= 0.6 is 26.1 Å². The van der Waals surface area contributed by atoms with Crippen LogP contribution in [-0.4, -0.2) is 10.4 Å². The van der Waals surface area contributed by atoms with Gasteiger partial charge in [0.1, 0.15) is 0 Å². The summed E-state index contributed by atoms with van der Waals surface area (Å²) in [5.41, 5.74) is 0. The molecule has 0 unspecified atom stereocenters. The molecular formula is CH4O2S2. The first-order valence-electron chi connectivity index (χ1n) is 0.651. The second-order valence-corrected chi connectivity index (χ2v) is 0.665. The molecule has 0 atom stereocenters. The van der Waals surface area contributed by atoms with E-state index >= 15 is 0 Å². The fraction of sp³-hybridized carbons (Fsp3) is 0. The Bertz CT molecular complexity index is 30.6. The van der Waals surface area contributed by atoms with Crippen molar-refractivity contribution in [1.29, 1.82) is 0 Å². The van der Waals surface area contributed by atoms with Crippen LogP contribution in [0, 0.1) is 0 Å². The predicted octanol–water partition coefficient (Wildman–Crippen LogP) is 0.707. The zero-order valence-electron chi connectivity index (χ0n) is 2.30. The van der Waals surface area contributed by atoms with Gasteiger partial charge < -0.3 is 5.11 Å². The van der Waals surface area contributed by atoms with Gasteiger partial charge in [0.05, 0.1) is 0 Å². The SMILES string of the molecule is O=C(O)S.S. The Labute approximate surface area is 42.0 Å². The second kappa shape index (κ2) is 4.17. The van der Waals surface area contributed by atoms with Crippen molar-refractivity contribution in [1.82, 2.24) is 0 Å². The zero-order valence-corrected chi connectivity index (χ0v) is 4.20. The van der Waals surface area contributed by atoms with Gasteiger partial charge in [0, 0.05) is 0 Å². The number of hydrogen-bond acceptors (Lipinski definition) is 1. The lowest BCUT2D eigenvalue weighted by Crippen LogP contribution is -1.67. The van der Waals surface area contributed by atoms with Crippen LogP contribution in [0.4, 0.5) is 4.79 Å². The van der Waals surface area contributed by atoms with Crippen molar-refractivity contribution in [3.63, 3.8) is 0 Å². The average Bonchev–Trinajstić information content (AvgIpc) is 0.811. The molecule has 2 nitrogen and oxygen atoms in total. The van der Waals surface area contributed by atoms with Crippen molar-refractivity contribution < 1.29 is 9.90 Å². The van der Waals surface area contributed by atoms with E-state index in [2.05, 4.69) is 12.6 Å². The van der Waals surface area contributed by atoms with E-state index < -0.39 is 5.30 Å². The molecule has 0 aromatic rings. The van der Waals surface area contributed by atoms with E-state index in [-0.39, 0.29) is 13.5 Å². The first-order valence-corrected chi connectivity index (χ1v) is 1.10. The Hall–Kier alpha value is 0.170. The number of hydrogen-bond donors (Lipinski definition) is 2. The fourth-order valence-corrected chi connectivity index (χ4v) is 0. The Morgan fingerprint density at radius 1 is 1.80 bits per heavy atom. The van der Waals surface area contributed by atoms with Crippen molar-refractivity contribution in [3.8, 4) is 0 Å². The van der Waals surface area contributed by atoms with Crippen LogP contribution in [0.1, 0.15) is 0 Å². The van der Waals surface area contributed by atoms with Crippen molar-refractivity contribution in [3.05, 3.63) is 0 Å². The molecule has 0 heterocycles. The fourth-order valence-electron chi connectivity index (χ4n) is 0. The van der Waals surface area contributed by atoms with E-state index in [1.165, 1.54) is 0 Å². The maximum absolute atomic E-state index is 8.86. The van der Waals surface area contributed by atoms with Crippen molar-refractivity contribution in [2.75, 3.05) is 0 Å². The minimum absolute atomic E-state index is 0. The summed E-state index contributed by atoms with van der Waals surface area (Å²) in [7, 11) is 0. The summed E-state index contributed by atoms with van der Waals surface area (Å²) in [5.74, 6) is 0. The van der Waals surface area contributed by atoms with Crippen LogP contribution < -0.4 is 0 Å². The summed E-state index contributed by atoms with van der Waals surface area (Å²) >= 11 is 2.88. The molecule has 0 aliphatic rings. The van der Waals surface area contributed by atoms with E-state index in [9.17, 15) is 0 Å². The van der Waals surface area contributed by atoms with E-state index in [4.69, 9.17) is 9.90 Å². The lowest BCUT2D eigenvalue weighted by atomic mass is 11.6. The molecule has 0 rings (SSSR count). The third-order valence-electron chi connectivity index (χ3n) is 0. The van der Waals surface area contributed by atoms with Crippen LogP contribution in [0.15, 0.2) is 0 Å². The molecule has 0 aromatic carbocycles. The molecule has 0 fully saturated rings. The molecule has 0 spiro atoms. The second-order valence-electron chi connectivity index (χ2n) is 0.283. The van der Waals surface area contributed by atoms with Crippen LogP contribution in [0.3, 0.4) is 0 Å². The molecule has 0 aliphatic carbocycles. The van der Waals surface area contributed by atoms with Gasteiger partial charge >= 0.3 is 5.30 Å². The predicted molar refractivity (Wildman–Crippen MR) is 27.4 cm³/mol. The molecule has 0 saturated carbocycles. The highest BCUT2D eigenvalue weighted by Gasteiger charge is 1.67. The van der Waals surface area contributed by atoms with Gasteiger partial charge in [-0.05, 0) is 0 Å². The van der Waals surface area contributed by atoms with E-state index in [0.29, 0.717) is 0 Å². The van der Waals surface area contributed by atoms with Gasteiger partial charge in [-0.1, -0.05) is 12.6 Å². The largest absolute Gasteiger partial charge is 0.473 e. The van der Waals surface area contributed by atoms with Gasteiger partial charge in [0.2, 0.25) is 0 Å². The van der Waals surface area contributed by atoms with Crippen LogP contribution in [0.25, 0.3) is 0 Å². The average molecular weight is 112 g/mol. The number of thiol groups is 1. The van der Waals surface area contributed by atoms with Crippen molar-refractivity contribution in [2.45, 2.75) is 0 Å².